The fraction of sp³-hybridized carbons (Fsp3) is 0.500. The Morgan fingerprint density at radius 2 is 2.26 bits per heavy atom. The van der Waals surface area contributed by atoms with Crippen LogP contribution in [0.15, 0.2) is 28.7 Å². The average molecular weight is 328 g/mol. The largest absolute Gasteiger partial charge is 0.358 e. The zero-order valence-electron chi connectivity index (χ0n) is 11.5. The zero-order chi connectivity index (χ0) is 14.3. The highest BCUT2D eigenvalue weighted by Gasteiger charge is 2.20. The highest BCUT2D eigenvalue weighted by Crippen LogP contribution is 2.23. The number of nitrogens with two attached hydrogens (primary N) is 1. The van der Waals surface area contributed by atoms with E-state index in [-0.39, 0.29) is 11.9 Å². The van der Waals surface area contributed by atoms with Crippen molar-refractivity contribution >= 4 is 21.8 Å². The van der Waals surface area contributed by atoms with Gasteiger partial charge in [-0.05, 0) is 30.7 Å². The normalized spacial score (nSPS) is 12.5. The molecule has 0 heterocycles. The second-order valence-electron chi connectivity index (χ2n) is 4.45. The average Bonchev–Trinajstić information content (AvgIpc) is 2.39. The lowest BCUT2D eigenvalue weighted by atomic mass is 10.0. The Morgan fingerprint density at radius 3 is 2.79 bits per heavy atom. The van der Waals surface area contributed by atoms with E-state index in [1.165, 1.54) is 0 Å². The van der Waals surface area contributed by atoms with Crippen LogP contribution in [-0.4, -0.2) is 37.5 Å². The Morgan fingerprint density at radius 1 is 1.53 bits per heavy atom. The van der Waals surface area contributed by atoms with Crippen molar-refractivity contribution in [2.24, 2.45) is 5.73 Å². The molecular formula is C14H22BrN3O. The van der Waals surface area contributed by atoms with Gasteiger partial charge in [0.15, 0.2) is 0 Å². The van der Waals surface area contributed by atoms with Crippen molar-refractivity contribution in [3.8, 4) is 0 Å². The Hall–Kier alpha value is -0.910. The number of hydrogen-bond acceptors (Lipinski definition) is 3. The number of halogens is 1. The lowest BCUT2D eigenvalue weighted by molar-refractivity contribution is -0.122. The van der Waals surface area contributed by atoms with E-state index in [0.29, 0.717) is 13.1 Å². The van der Waals surface area contributed by atoms with Gasteiger partial charge in [0.2, 0.25) is 5.91 Å². The van der Waals surface area contributed by atoms with Crippen LogP contribution in [0.25, 0.3) is 0 Å². The van der Waals surface area contributed by atoms with E-state index in [1.54, 1.807) is 7.05 Å². The van der Waals surface area contributed by atoms with Crippen LogP contribution in [0.5, 0.6) is 0 Å². The molecule has 4 nitrogen and oxygen atoms in total. The van der Waals surface area contributed by atoms with Crippen LogP contribution in [0.3, 0.4) is 0 Å². The molecule has 0 aliphatic carbocycles. The first-order valence-corrected chi connectivity index (χ1v) is 7.31. The molecule has 0 radical (unpaired) electrons. The van der Waals surface area contributed by atoms with Crippen molar-refractivity contribution in [1.29, 1.82) is 0 Å². The first-order chi connectivity index (χ1) is 9.12. The number of hydrogen-bond donors (Lipinski definition) is 2. The Kier molecular flexibility index (Phi) is 7.05. The zero-order valence-corrected chi connectivity index (χ0v) is 13.1. The van der Waals surface area contributed by atoms with Crippen molar-refractivity contribution in [2.75, 3.05) is 26.7 Å². The lowest BCUT2D eigenvalue weighted by Crippen LogP contribution is -2.41. The highest BCUT2D eigenvalue weighted by molar-refractivity contribution is 9.10. The predicted molar refractivity (Wildman–Crippen MR) is 81.9 cm³/mol. The second-order valence-corrected chi connectivity index (χ2v) is 5.37. The van der Waals surface area contributed by atoms with Gasteiger partial charge in [0.25, 0.3) is 0 Å². The molecule has 0 saturated carbocycles. The molecule has 1 amide bonds. The topological polar surface area (TPSA) is 58.4 Å². The Bertz CT molecular complexity index is 411. The fourth-order valence-corrected chi connectivity index (χ4v) is 2.52. The number of amides is 1. The van der Waals surface area contributed by atoms with E-state index in [1.807, 2.05) is 12.1 Å². The van der Waals surface area contributed by atoms with Crippen molar-refractivity contribution in [3.63, 3.8) is 0 Å². The SMILES string of the molecule is CCCN(CC(=O)NC)C(CN)c1cccc(Br)c1. The molecule has 0 aliphatic heterocycles. The summed E-state index contributed by atoms with van der Waals surface area (Å²) >= 11 is 3.47. The van der Waals surface area contributed by atoms with E-state index in [9.17, 15) is 4.79 Å². The van der Waals surface area contributed by atoms with Crippen molar-refractivity contribution in [3.05, 3.63) is 34.3 Å². The monoisotopic (exact) mass is 327 g/mol. The summed E-state index contributed by atoms with van der Waals surface area (Å²) in [7, 11) is 1.66. The van der Waals surface area contributed by atoms with Gasteiger partial charge in [-0.15, -0.1) is 0 Å². The quantitative estimate of drug-likeness (QED) is 0.804. The molecule has 1 aromatic rings. The Labute approximate surface area is 123 Å². The third kappa shape index (κ3) is 4.93. The summed E-state index contributed by atoms with van der Waals surface area (Å²) in [6.45, 7) is 3.82. The molecule has 5 heteroatoms. The molecule has 0 fully saturated rings. The minimum Gasteiger partial charge on any atom is -0.358 e. The number of nitrogens with one attached hydrogen (secondary N) is 1. The van der Waals surface area contributed by atoms with Crippen LogP contribution >= 0.6 is 15.9 Å². The highest BCUT2D eigenvalue weighted by atomic mass is 79.9. The maximum Gasteiger partial charge on any atom is 0.233 e. The van der Waals surface area contributed by atoms with Gasteiger partial charge in [0, 0.05) is 24.1 Å². The number of nitrogens with zero attached hydrogens (tertiary/aromatic N) is 1. The summed E-state index contributed by atoms with van der Waals surface area (Å²) in [5.74, 6) is 0.0156. The van der Waals surface area contributed by atoms with Gasteiger partial charge in [0.1, 0.15) is 0 Å². The molecule has 0 spiro atoms. The third-order valence-corrected chi connectivity index (χ3v) is 3.53. The van der Waals surface area contributed by atoms with Crippen LogP contribution in [0.1, 0.15) is 24.9 Å². The van der Waals surface area contributed by atoms with Gasteiger partial charge in [-0.1, -0.05) is 35.0 Å². The molecule has 1 unspecified atom stereocenters. The standard InChI is InChI=1S/C14H22BrN3O/c1-3-7-18(10-14(19)17-2)13(9-16)11-5-4-6-12(15)8-11/h4-6,8,13H,3,7,9-10,16H2,1-2H3,(H,17,19). The summed E-state index contributed by atoms with van der Waals surface area (Å²) in [5, 5.41) is 2.66. The predicted octanol–water partition coefficient (Wildman–Crippen LogP) is 1.91. The van der Waals surface area contributed by atoms with Gasteiger partial charge in [0.05, 0.1) is 6.54 Å². The lowest BCUT2D eigenvalue weighted by Gasteiger charge is -2.30. The second kappa shape index (κ2) is 8.30. The van der Waals surface area contributed by atoms with E-state index in [4.69, 9.17) is 5.73 Å². The maximum absolute atomic E-state index is 11.6. The van der Waals surface area contributed by atoms with Gasteiger partial charge in [-0.25, -0.2) is 0 Å². The molecule has 3 N–H and O–H groups in total. The smallest absolute Gasteiger partial charge is 0.233 e. The minimum atomic E-state index is 0.0156. The third-order valence-electron chi connectivity index (χ3n) is 3.03. The molecule has 106 valence electrons. The maximum atomic E-state index is 11.6. The molecule has 19 heavy (non-hydrogen) atoms. The first-order valence-electron chi connectivity index (χ1n) is 6.52. The number of carbonyl (C=O) groups excluding carboxylic acids is 1. The van der Waals surface area contributed by atoms with E-state index < -0.39 is 0 Å². The van der Waals surface area contributed by atoms with Crippen molar-refractivity contribution < 1.29 is 4.79 Å². The van der Waals surface area contributed by atoms with Gasteiger partial charge in [-0.2, -0.15) is 0 Å². The Balaban J connectivity index is 2.92. The molecule has 0 bridgehead atoms. The van der Waals surface area contributed by atoms with Crippen LogP contribution in [0, 0.1) is 0 Å². The molecule has 1 aromatic carbocycles. The van der Waals surface area contributed by atoms with Crippen molar-refractivity contribution in [2.45, 2.75) is 19.4 Å². The number of rotatable bonds is 7. The van der Waals surface area contributed by atoms with Crippen LogP contribution in [-0.2, 0) is 4.79 Å². The van der Waals surface area contributed by atoms with Gasteiger partial charge < -0.3 is 11.1 Å². The van der Waals surface area contributed by atoms with E-state index in [2.05, 4.69) is 45.2 Å². The first kappa shape index (κ1) is 16.1. The number of benzene rings is 1. The molecule has 0 saturated heterocycles. The number of carbonyl (C=O) groups is 1. The number of likely N-dealkylation sites (N-methyl/N-ethyl adjacent to an activating group) is 1. The molecule has 1 rings (SSSR count). The van der Waals surface area contributed by atoms with Gasteiger partial charge >= 0.3 is 0 Å². The molecule has 0 aromatic heterocycles. The summed E-state index contributed by atoms with van der Waals surface area (Å²) in [5.41, 5.74) is 7.05. The van der Waals surface area contributed by atoms with E-state index >= 15 is 0 Å². The van der Waals surface area contributed by atoms with Crippen LogP contribution < -0.4 is 11.1 Å². The summed E-state index contributed by atoms with van der Waals surface area (Å²) in [6, 6.07) is 8.15. The summed E-state index contributed by atoms with van der Waals surface area (Å²) in [4.78, 5) is 13.7. The van der Waals surface area contributed by atoms with Crippen molar-refractivity contribution in [1.82, 2.24) is 10.2 Å². The summed E-state index contributed by atoms with van der Waals surface area (Å²) in [6.07, 6.45) is 0.988. The van der Waals surface area contributed by atoms with Gasteiger partial charge in [-0.3, -0.25) is 9.69 Å². The molecule has 1 atom stereocenters. The fourth-order valence-electron chi connectivity index (χ4n) is 2.11. The van der Waals surface area contributed by atoms with Crippen LogP contribution in [0.2, 0.25) is 0 Å². The minimum absolute atomic E-state index is 0.0156. The van der Waals surface area contributed by atoms with E-state index in [0.717, 1.165) is 23.0 Å². The molecule has 0 aliphatic rings. The van der Waals surface area contributed by atoms with Crippen LogP contribution in [0.4, 0.5) is 0 Å². The summed E-state index contributed by atoms with van der Waals surface area (Å²) < 4.78 is 1.03. The molecular weight excluding hydrogens is 306 g/mol.